The van der Waals surface area contributed by atoms with E-state index in [0.717, 1.165) is 34.5 Å². The minimum atomic E-state index is -4.74. The molecule has 0 aliphatic carbocycles. The summed E-state index contributed by atoms with van der Waals surface area (Å²) in [5, 5.41) is 8.24. The fraction of sp³-hybridized carbons (Fsp3) is 0.360. The number of carbonyl (C=O) groups is 1. The number of urea groups is 1. The molecule has 0 fully saturated rings. The molecule has 0 bridgehead atoms. The first-order valence-corrected chi connectivity index (χ1v) is 12.8. The molecule has 0 saturated heterocycles. The number of hydrogen-bond donors (Lipinski definition) is 2. The number of carbonyl (C=O) groups excluding carboxylic acids is 1. The second-order valence-electron chi connectivity index (χ2n) is 7.96. The number of amides is 2. The summed E-state index contributed by atoms with van der Waals surface area (Å²) >= 11 is 7.41. The Kier molecular flexibility index (Phi) is 10.2. The maximum Gasteiger partial charge on any atom is 0.573 e. The summed E-state index contributed by atoms with van der Waals surface area (Å²) in [4.78, 5) is 17.4. The molecule has 36 heavy (non-hydrogen) atoms. The van der Waals surface area contributed by atoms with Crippen molar-refractivity contribution in [1.29, 1.82) is 0 Å². The highest BCUT2D eigenvalue weighted by atomic mass is 35.5. The summed E-state index contributed by atoms with van der Waals surface area (Å²) in [7, 11) is 0. The molecule has 2 amide bonds. The number of hydrogen-bond acceptors (Lipinski definition) is 4. The Morgan fingerprint density at radius 1 is 1.06 bits per heavy atom. The summed E-state index contributed by atoms with van der Waals surface area (Å²) in [6.07, 6.45) is -2.17. The summed E-state index contributed by atoms with van der Waals surface area (Å²) in [5.74, 6) is -0.279. The van der Waals surface area contributed by atoms with Crippen molar-refractivity contribution >= 4 is 29.0 Å². The van der Waals surface area contributed by atoms with Gasteiger partial charge in [-0.1, -0.05) is 37.1 Å². The van der Waals surface area contributed by atoms with Crippen LogP contribution in [0, 0.1) is 0 Å². The number of ether oxygens (including phenoxy) is 1. The molecule has 0 radical (unpaired) electrons. The van der Waals surface area contributed by atoms with E-state index in [9.17, 15) is 18.0 Å². The molecule has 0 unspecified atom stereocenters. The summed E-state index contributed by atoms with van der Waals surface area (Å²) in [5.41, 5.74) is 2.56. The van der Waals surface area contributed by atoms with Gasteiger partial charge < -0.3 is 19.9 Å². The van der Waals surface area contributed by atoms with Crippen molar-refractivity contribution < 1.29 is 22.7 Å². The molecule has 2 N–H and O–H groups in total. The number of unbranched alkanes of at least 4 members (excludes halogenated alkanes) is 1. The predicted molar refractivity (Wildman–Crippen MR) is 136 cm³/mol. The van der Waals surface area contributed by atoms with Gasteiger partial charge in [-0.15, -0.1) is 24.5 Å². The molecule has 194 valence electrons. The van der Waals surface area contributed by atoms with Crippen LogP contribution in [0.2, 0.25) is 5.02 Å². The zero-order valence-corrected chi connectivity index (χ0v) is 21.3. The van der Waals surface area contributed by atoms with Gasteiger partial charge in [0.05, 0.1) is 12.2 Å². The van der Waals surface area contributed by atoms with Gasteiger partial charge in [0, 0.05) is 30.0 Å². The third kappa shape index (κ3) is 8.91. The Balaban J connectivity index is 1.76. The molecular weight excluding hydrogens is 513 g/mol. The van der Waals surface area contributed by atoms with Gasteiger partial charge in [-0.3, -0.25) is 4.99 Å². The fourth-order valence-corrected chi connectivity index (χ4v) is 4.42. The third-order valence-corrected chi connectivity index (χ3v) is 6.30. The van der Waals surface area contributed by atoms with E-state index in [2.05, 4.69) is 22.3 Å². The van der Waals surface area contributed by atoms with Gasteiger partial charge in [0.25, 0.3) is 0 Å². The van der Waals surface area contributed by atoms with Crippen molar-refractivity contribution in [3.63, 3.8) is 0 Å². The van der Waals surface area contributed by atoms with Crippen molar-refractivity contribution in [2.45, 2.75) is 45.6 Å². The van der Waals surface area contributed by atoms with Gasteiger partial charge in [0.15, 0.2) is 4.80 Å². The van der Waals surface area contributed by atoms with Gasteiger partial charge in [-0.05, 0) is 60.4 Å². The van der Waals surface area contributed by atoms with Crippen LogP contribution in [0.3, 0.4) is 0 Å². The van der Waals surface area contributed by atoms with Crippen LogP contribution >= 0.6 is 22.9 Å². The first-order valence-electron chi connectivity index (χ1n) is 11.6. The van der Waals surface area contributed by atoms with Gasteiger partial charge in [0.1, 0.15) is 5.75 Å². The fourth-order valence-electron chi connectivity index (χ4n) is 3.36. The van der Waals surface area contributed by atoms with Crippen LogP contribution in [-0.2, 0) is 13.1 Å². The number of halogens is 4. The van der Waals surface area contributed by atoms with Gasteiger partial charge in [-0.2, -0.15) is 0 Å². The van der Waals surface area contributed by atoms with E-state index < -0.39 is 6.36 Å². The Hall–Kier alpha value is -2.98. The van der Waals surface area contributed by atoms with Crippen LogP contribution < -0.4 is 20.2 Å². The topological polar surface area (TPSA) is 67.7 Å². The number of alkyl halides is 3. The van der Waals surface area contributed by atoms with Crippen molar-refractivity contribution in [1.82, 2.24) is 15.2 Å². The van der Waals surface area contributed by atoms with Crippen molar-refractivity contribution in [3.05, 3.63) is 69.3 Å². The van der Waals surface area contributed by atoms with Crippen molar-refractivity contribution in [3.8, 4) is 17.0 Å². The number of thiazole rings is 1. The standard InChI is InChI=1S/C25H28ClF3N4O2S/c1-2-3-13-30-23(34)31-14-4-15-33-22(19-7-11-21(12-8-19)35-25(27,28)29)17-36-24(33)32-16-18-5-9-20(26)10-6-18/h5-12,17H,2-4,13-16H2,1H3,(H2,30,31,34). The quantitative estimate of drug-likeness (QED) is 0.278. The summed E-state index contributed by atoms with van der Waals surface area (Å²) in [6, 6.07) is 13.0. The van der Waals surface area contributed by atoms with Crippen molar-refractivity contribution in [2.24, 2.45) is 4.99 Å². The van der Waals surface area contributed by atoms with E-state index in [0.29, 0.717) is 37.6 Å². The molecule has 0 atom stereocenters. The molecule has 2 aromatic carbocycles. The number of nitrogens with one attached hydrogen (secondary N) is 2. The molecule has 0 aliphatic heterocycles. The maximum absolute atomic E-state index is 12.5. The Morgan fingerprint density at radius 3 is 2.36 bits per heavy atom. The highest BCUT2D eigenvalue weighted by Crippen LogP contribution is 2.27. The lowest BCUT2D eigenvalue weighted by atomic mass is 10.1. The number of rotatable bonds is 11. The van der Waals surface area contributed by atoms with Gasteiger partial charge in [0.2, 0.25) is 0 Å². The first-order chi connectivity index (χ1) is 17.2. The predicted octanol–water partition coefficient (Wildman–Crippen LogP) is 6.36. The largest absolute Gasteiger partial charge is 0.573 e. The van der Waals surface area contributed by atoms with Crippen LogP contribution in [0.1, 0.15) is 31.7 Å². The van der Waals surface area contributed by atoms with Crippen molar-refractivity contribution in [2.75, 3.05) is 13.1 Å². The van der Waals surface area contributed by atoms with Crippen LogP contribution in [0.25, 0.3) is 11.3 Å². The van der Waals surface area contributed by atoms with E-state index >= 15 is 0 Å². The molecule has 1 heterocycles. The normalized spacial score (nSPS) is 12.0. The number of nitrogens with zero attached hydrogens (tertiary/aromatic N) is 2. The Labute approximate surface area is 216 Å². The number of benzene rings is 2. The van der Waals surface area contributed by atoms with E-state index in [1.807, 2.05) is 34.2 Å². The van der Waals surface area contributed by atoms with Gasteiger partial charge >= 0.3 is 12.4 Å². The smallest absolute Gasteiger partial charge is 0.406 e. The zero-order valence-electron chi connectivity index (χ0n) is 19.8. The summed E-state index contributed by atoms with van der Waals surface area (Å²) < 4.78 is 43.5. The molecule has 0 spiro atoms. The highest BCUT2D eigenvalue weighted by Gasteiger charge is 2.31. The number of aromatic nitrogens is 1. The average molecular weight is 541 g/mol. The molecule has 1 aromatic heterocycles. The molecule has 3 aromatic rings. The maximum atomic E-state index is 12.5. The van der Waals surface area contributed by atoms with Crippen LogP contribution in [-0.4, -0.2) is 30.1 Å². The van der Waals surface area contributed by atoms with E-state index in [-0.39, 0.29) is 11.8 Å². The summed E-state index contributed by atoms with van der Waals surface area (Å²) in [6.45, 7) is 4.17. The second kappa shape index (κ2) is 13.4. The van der Waals surface area contributed by atoms with Crippen LogP contribution in [0.5, 0.6) is 5.75 Å². The van der Waals surface area contributed by atoms with Gasteiger partial charge in [-0.25, -0.2) is 4.79 Å². The second-order valence-corrected chi connectivity index (χ2v) is 9.23. The molecule has 3 rings (SSSR count). The van der Waals surface area contributed by atoms with Crippen LogP contribution in [0.4, 0.5) is 18.0 Å². The average Bonchev–Trinajstić information content (AvgIpc) is 3.24. The minimum absolute atomic E-state index is 0.202. The lowest BCUT2D eigenvalue weighted by molar-refractivity contribution is -0.274. The molecule has 0 aliphatic rings. The highest BCUT2D eigenvalue weighted by molar-refractivity contribution is 7.07. The minimum Gasteiger partial charge on any atom is -0.406 e. The first kappa shape index (κ1) is 27.6. The Bertz CT molecular complexity index is 1180. The lowest BCUT2D eigenvalue weighted by Gasteiger charge is -2.12. The monoisotopic (exact) mass is 540 g/mol. The molecular formula is C25H28ClF3N4O2S. The SMILES string of the molecule is CCCCNC(=O)NCCCn1c(-c2ccc(OC(F)(F)F)cc2)csc1=NCc1ccc(Cl)cc1. The molecule has 6 nitrogen and oxygen atoms in total. The van der Waals surface area contributed by atoms with E-state index in [4.69, 9.17) is 16.6 Å². The third-order valence-electron chi connectivity index (χ3n) is 5.15. The lowest BCUT2D eigenvalue weighted by Crippen LogP contribution is -2.37. The van der Waals surface area contributed by atoms with E-state index in [1.165, 1.54) is 23.5 Å². The zero-order chi connectivity index (χ0) is 26.0. The van der Waals surface area contributed by atoms with E-state index in [1.54, 1.807) is 12.1 Å². The Morgan fingerprint density at radius 2 is 1.72 bits per heavy atom. The molecule has 11 heteroatoms. The molecule has 0 saturated carbocycles. The van der Waals surface area contributed by atoms with Crippen LogP contribution in [0.15, 0.2) is 58.9 Å².